The van der Waals surface area contributed by atoms with Crippen molar-refractivity contribution in [3.63, 3.8) is 0 Å². The number of carbonyl (C=O) groups is 2. The first-order valence-corrected chi connectivity index (χ1v) is 12.6. The fourth-order valence-corrected chi connectivity index (χ4v) is 5.79. The molecule has 0 unspecified atom stereocenters. The van der Waals surface area contributed by atoms with Gasteiger partial charge in [0.2, 0.25) is 11.8 Å². The Morgan fingerprint density at radius 2 is 1.59 bits per heavy atom. The topological polar surface area (TPSA) is 56.3 Å². The Balaban J connectivity index is 1.44. The van der Waals surface area contributed by atoms with Gasteiger partial charge in [0.1, 0.15) is 5.75 Å². The van der Waals surface area contributed by atoms with Crippen molar-refractivity contribution < 1.29 is 27.5 Å². The van der Waals surface area contributed by atoms with Crippen molar-refractivity contribution in [1.29, 1.82) is 0 Å². The molecule has 0 aromatic heterocycles. The SMILES string of the molecule is COc1ccc(N2CCN3c4ccc(C(F)(F)F)cc4C[C@@H](C(=O)N4CCN(C(C)=O)CC4)[C@H]3C2)cc1. The molecule has 2 saturated heterocycles. The third kappa shape index (κ3) is 4.93. The maximum atomic E-state index is 13.8. The largest absolute Gasteiger partial charge is 0.497 e. The van der Waals surface area contributed by atoms with Crippen molar-refractivity contribution in [2.45, 2.75) is 25.6 Å². The van der Waals surface area contributed by atoms with Crippen LogP contribution in [0.3, 0.4) is 0 Å². The third-order valence-corrected chi connectivity index (χ3v) is 7.83. The second-order valence-electron chi connectivity index (χ2n) is 9.89. The Hall–Kier alpha value is -3.43. The average molecular weight is 517 g/mol. The molecule has 0 N–H and O–H groups in total. The number of benzene rings is 2. The molecule has 2 atom stereocenters. The van der Waals surface area contributed by atoms with Gasteiger partial charge < -0.3 is 24.3 Å². The summed E-state index contributed by atoms with van der Waals surface area (Å²) in [6.45, 7) is 5.17. The standard InChI is InChI=1S/C27H31F3N4O3/c1-18(35)31-9-11-32(12-10-31)26(36)23-16-19-15-20(27(28,29)30)3-8-24(19)34-14-13-33(17-25(23)34)21-4-6-22(37-2)7-5-21/h3-8,15,23,25H,9-14,16-17H2,1-2H3/t23-,25-/m1/s1. The van der Waals surface area contributed by atoms with Gasteiger partial charge in [-0.2, -0.15) is 13.2 Å². The summed E-state index contributed by atoms with van der Waals surface area (Å²) in [5.41, 5.74) is 1.66. The van der Waals surface area contributed by atoms with E-state index in [1.165, 1.54) is 13.0 Å². The zero-order valence-electron chi connectivity index (χ0n) is 21.0. The number of anilines is 2. The predicted octanol–water partition coefficient (Wildman–Crippen LogP) is 3.27. The van der Waals surface area contributed by atoms with Crippen LogP contribution in [0.1, 0.15) is 18.1 Å². The smallest absolute Gasteiger partial charge is 0.416 e. The first-order chi connectivity index (χ1) is 17.7. The number of rotatable bonds is 3. The summed E-state index contributed by atoms with van der Waals surface area (Å²) < 4.78 is 45.8. The van der Waals surface area contributed by atoms with Gasteiger partial charge in [-0.25, -0.2) is 0 Å². The van der Waals surface area contributed by atoms with Crippen LogP contribution in [0.15, 0.2) is 42.5 Å². The number of nitrogens with zero attached hydrogens (tertiary/aromatic N) is 4. The summed E-state index contributed by atoms with van der Waals surface area (Å²) in [6, 6.07) is 11.5. The Bertz CT molecular complexity index is 1160. The number of fused-ring (bicyclic) bond motifs is 3. The first-order valence-electron chi connectivity index (χ1n) is 12.6. The first kappa shape index (κ1) is 25.2. The lowest BCUT2D eigenvalue weighted by Crippen LogP contribution is -2.62. The highest BCUT2D eigenvalue weighted by Crippen LogP contribution is 2.41. The van der Waals surface area contributed by atoms with Gasteiger partial charge in [-0.15, -0.1) is 0 Å². The Kier molecular flexibility index (Phi) is 6.68. The predicted molar refractivity (Wildman–Crippen MR) is 134 cm³/mol. The van der Waals surface area contributed by atoms with Gasteiger partial charge in [0, 0.05) is 64.1 Å². The molecule has 0 aliphatic carbocycles. The molecule has 0 spiro atoms. The maximum Gasteiger partial charge on any atom is 0.416 e. The third-order valence-electron chi connectivity index (χ3n) is 7.83. The summed E-state index contributed by atoms with van der Waals surface area (Å²) >= 11 is 0. The molecule has 5 rings (SSSR count). The Labute approximate surface area is 214 Å². The number of amides is 2. The van der Waals surface area contributed by atoms with Crippen molar-refractivity contribution in [2.24, 2.45) is 5.92 Å². The molecule has 198 valence electrons. The molecule has 2 amide bonds. The average Bonchev–Trinajstić information content (AvgIpc) is 2.91. The molecular formula is C27H31F3N4O3. The van der Waals surface area contributed by atoms with Crippen molar-refractivity contribution >= 4 is 23.2 Å². The quantitative estimate of drug-likeness (QED) is 0.627. The van der Waals surface area contributed by atoms with Crippen molar-refractivity contribution in [3.05, 3.63) is 53.6 Å². The van der Waals surface area contributed by atoms with Crippen LogP contribution in [-0.2, 0) is 22.2 Å². The van der Waals surface area contributed by atoms with E-state index in [0.717, 1.165) is 23.2 Å². The number of piperazine rings is 2. The maximum absolute atomic E-state index is 13.8. The molecule has 2 aromatic rings. The van der Waals surface area contributed by atoms with E-state index < -0.39 is 17.7 Å². The van der Waals surface area contributed by atoms with Gasteiger partial charge in [-0.1, -0.05) is 0 Å². The summed E-state index contributed by atoms with van der Waals surface area (Å²) in [7, 11) is 1.61. The second-order valence-corrected chi connectivity index (χ2v) is 9.89. The molecule has 37 heavy (non-hydrogen) atoms. The summed E-state index contributed by atoms with van der Waals surface area (Å²) in [5.74, 6) is 0.193. The van der Waals surface area contributed by atoms with Gasteiger partial charge in [-0.05, 0) is 54.4 Å². The van der Waals surface area contributed by atoms with Crippen LogP contribution in [0.4, 0.5) is 24.5 Å². The minimum atomic E-state index is -4.44. The monoisotopic (exact) mass is 516 g/mol. The van der Waals surface area contributed by atoms with E-state index in [9.17, 15) is 22.8 Å². The molecule has 0 radical (unpaired) electrons. The fourth-order valence-electron chi connectivity index (χ4n) is 5.79. The number of hydrogen-bond acceptors (Lipinski definition) is 5. The molecule has 7 nitrogen and oxygen atoms in total. The molecule has 3 aliphatic heterocycles. The Morgan fingerprint density at radius 1 is 0.919 bits per heavy atom. The van der Waals surface area contributed by atoms with Crippen LogP contribution in [0.25, 0.3) is 0 Å². The van der Waals surface area contributed by atoms with Crippen LogP contribution in [-0.4, -0.2) is 80.6 Å². The minimum Gasteiger partial charge on any atom is -0.497 e. The van der Waals surface area contributed by atoms with E-state index in [-0.39, 0.29) is 24.3 Å². The van der Waals surface area contributed by atoms with E-state index >= 15 is 0 Å². The van der Waals surface area contributed by atoms with Crippen LogP contribution < -0.4 is 14.5 Å². The number of carbonyl (C=O) groups excluding carboxylic acids is 2. The minimum absolute atomic E-state index is 0.0213. The lowest BCUT2D eigenvalue weighted by atomic mass is 9.82. The van der Waals surface area contributed by atoms with Crippen LogP contribution in [0.5, 0.6) is 5.75 Å². The molecule has 10 heteroatoms. The van der Waals surface area contributed by atoms with Gasteiger partial charge in [-0.3, -0.25) is 9.59 Å². The molecule has 3 aliphatic rings. The van der Waals surface area contributed by atoms with Crippen LogP contribution in [0.2, 0.25) is 0 Å². The summed E-state index contributed by atoms with van der Waals surface area (Å²) in [5, 5.41) is 0. The lowest BCUT2D eigenvalue weighted by Gasteiger charge is -2.50. The van der Waals surface area contributed by atoms with Crippen LogP contribution >= 0.6 is 0 Å². The van der Waals surface area contributed by atoms with E-state index in [4.69, 9.17) is 4.74 Å². The van der Waals surface area contributed by atoms with Crippen molar-refractivity contribution in [1.82, 2.24) is 9.80 Å². The summed E-state index contributed by atoms with van der Waals surface area (Å²) in [6.07, 6.45) is -4.19. The molecule has 0 bridgehead atoms. The number of ether oxygens (including phenoxy) is 1. The Morgan fingerprint density at radius 3 is 2.22 bits per heavy atom. The molecular weight excluding hydrogens is 485 g/mol. The van der Waals surface area contributed by atoms with Gasteiger partial charge in [0.15, 0.2) is 0 Å². The molecule has 3 heterocycles. The van der Waals surface area contributed by atoms with E-state index in [0.29, 0.717) is 51.4 Å². The van der Waals surface area contributed by atoms with Gasteiger partial charge in [0.05, 0.1) is 24.6 Å². The molecule has 0 saturated carbocycles. The normalized spacial score (nSPS) is 21.9. The van der Waals surface area contributed by atoms with Gasteiger partial charge >= 0.3 is 6.18 Å². The van der Waals surface area contributed by atoms with Gasteiger partial charge in [0.25, 0.3) is 0 Å². The van der Waals surface area contributed by atoms with E-state index in [2.05, 4.69) is 9.80 Å². The van der Waals surface area contributed by atoms with E-state index in [1.807, 2.05) is 24.3 Å². The highest BCUT2D eigenvalue weighted by molar-refractivity contribution is 5.83. The number of methoxy groups -OCH3 is 1. The lowest BCUT2D eigenvalue weighted by molar-refractivity contribution is -0.142. The highest BCUT2D eigenvalue weighted by Gasteiger charge is 2.44. The van der Waals surface area contributed by atoms with Crippen molar-refractivity contribution in [2.75, 3.05) is 62.7 Å². The number of halogens is 3. The summed E-state index contributed by atoms with van der Waals surface area (Å²) in [4.78, 5) is 33.4. The zero-order valence-corrected chi connectivity index (χ0v) is 21.0. The van der Waals surface area contributed by atoms with E-state index in [1.54, 1.807) is 23.0 Å². The highest BCUT2D eigenvalue weighted by atomic mass is 19.4. The second kappa shape index (κ2) is 9.79. The molecule has 2 fully saturated rings. The fraction of sp³-hybridized carbons (Fsp3) is 0.481. The van der Waals surface area contributed by atoms with Crippen molar-refractivity contribution in [3.8, 4) is 5.75 Å². The number of hydrogen-bond donors (Lipinski definition) is 0. The van der Waals surface area contributed by atoms with Crippen LogP contribution in [0, 0.1) is 5.92 Å². The number of alkyl halides is 3. The zero-order chi connectivity index (χ0) is 26.3. The molecule has 2 aromatic carbocycles.